The molecule has 0 aromatic heterocycles. The summed E-state index contributed by atoms with van der Waals surface area (Å²) in [6.45, 7) is 10.5. The van der Waals surface area contributed by atoms with Crippen molar-refractivity contribution in [2.75, 3.05) is 46.4 Å². The Labute approximate surface area is 152 Å². The second-order valence-corrected chi connectivity index (χ2v) is 8.45. The number of likely N-dealkylation sites (tertiary alicyclic amines) is 1. The predicted molar refractivity (Wildman–Crippen MR) is 99.7 cm³/mol. The zero-order valence-electron chi connectivity index (χ0n) is 16.2. The van der Waals surface area contributed by atoms with Gasteiger partial charge in [-0.3, -0.25) is 9.80 Å². The van der Waals surface area contributed by atoms with Crippen LogP contribution in [0.1, 0.15) is 39.5 Å². The van der Waals surface area contributed by atoms with Gasteiger partial charge in [-0.25, -0.2) is 4.79 Å². The maximum Gasteiger partial charge on any atom is 0.315 e. The lowest BCUT2D eigenvalue weighted by Gasteiger charge is -2.51. The van der Waals surface area contributed by atoms with Crippen LogP contribution >= 0.6 is 0 Å². The van der Waals surface area contributed by atoms with Crippen LogP contribution < -0.4 is 10.6 Å². The van der Waals surface area contributed by atoms with Gasteiger partial charge in [-0.15, -0.1) is 0 Å². The molecule has 4 rings (SSSR count). The molecular weight excluding hydrogens is 316 g/mol. The van der Waals surface area contributed by atoms with E-state index in [1.165, 1.54) is 51.9 Å². The molecule has 2 bridgehead atoms. The number of hydrogen-bond donors (Lipinski definition) is 2. The molecule has 4 aliphatic rings. The van der Waals surface area contributed by atoms with E-state index in [1.807, 2.05) is 21.0 Å². The molecule has 25 heavy (non-hydrogen) atoms. The Morgan fingerprint density at radius 1 is 1.24 bits per heavy atom. The summed E-state index contributed by atoms with van der Waals surface area (Å²) in [5.41, 5.74) is 0. The van der Waals surface area contributed by atoms with Crippen LogP contribution in [0.4, 0.5) is 4.79 Å². The van der Waals surface area contributed by atoms with Crippen LogP contribution in [0.15, 0.2) is 0 Å². The summed E-state index contributed by atoms with van der Waals surface area (Å²) >= 11 is 0. The molecule has 5 atom stereocenters. The number of nitrogens with zero attached hydrogens (tertiary/aromatic N) is 2. The monoisotopic (exact) mass is 352 g/mol. The number of hydrogen-bond acceptors (Lipinski definition) is 4. The Hall–Kier alpha value is -0.850. The number of nitrogens with one attached hydrogen (secondary N) is 2. The molecule has 2 amide bonds. The number of piperidine rings is 3. The van der Waals surface area contributed by atoms with Gasteiger partial charge in [0.1, 0.15) is 0 Å². The van der Waals surface area contributed by atoms with E-state index in [4.69, 9.17) is 4.74 Å². The fourth-order valence-corrected chi connectivity index (χ4v) is 5.01. The molecule has 4 fully saturated rings. The van der Waals surface area contributed by atoms with Gasteiger partial charge in [0, 0.05) is 44.9 Å². The maximum atomic E-state index is 11.8. The number of ether oxygens (including phenoxy) is 1. The highest BCUT2D eigenvalue weighted by molar-refractivity contribution is 5.74. The Morgan fingerprint density at radius 2 is 2.08 bits per heavy atom. The number of carbonyl (C=O) groups excluding carboxylic acids is 1. The van der Waals surface area contributed by atoms with Gasteiger partial charge in [-0.1, -0.05) is 0 Å². The van der Waals surface area contributed by atoms with Crippen LogP contribution in [-0.2, 0) is 4.74 Å². The summed E-state index contributed by atoms with van der Waals surface area (Å²) in [6, 6.07) is 1.29. The largest absolute Gasteiger partial charge is 0.383 e. The van der Waals surface area contributed by atoms with Crippen molar-refractivity contribution in [1.29, 1.82) is 0 Å². The fourth-order valence-electron chi connectivity index (χ4n) is 5.01. The molecule has 0 aromatic rings. The normalized spacial score (nSPS) is 35.3. The van der Waals surface area contributed by atoms with E-state index in [9.17, 15) is 4.79 Å². The van der Waals surface area contributed by atoms with E-state index in [2.05, 4.69) is 20.4 Å². The summed E-state index contributed by atoms with van der Waals surface area (Å²) in [7, 11) is 1.82. The van der Waals surface area contributed by atoms with Gasteiger partial charge in [0.2, 0.25) is 0 Å². The van der Waals surface area contributed by atoms with Gasteiger partial charge in [0.05, 0.1) is 6.61 Å². The highest BCUT2D eigenvalue weighted by Crippen LogP contribution is 2.37. The minimum absolute atomic E-state index is 0.0336. The molecule has 4 saturated heterocycles. The number of fused-ring (bicyclic) bond motifs is 3. The molecular formula is C19H36N4O2. The van der Waals surface area contributed by atoms with Crippen LogP contribution in [0.2, 0.25) is 0 Å². The lowest BCUT2D eigenvalue weighted by atomic mass is 9.75. The van der Waals surface area contributed by atoms with Gasteiger partial charge in [0.25, 0.3) is 0 Å². The van der Waals surface area contributed by atoms with E-state index in [1.54, 1.807) is 0 Å². The molecule has 6 heteroatoms. The number of amides is 2. The molecule has 4 heterocycles. The van der Waals surface area contributed by atoms with Crippen molar-refractivity contribution in [3.63, 3.8) is 0 Å². The van der Waals surface area contributed by atoms with Gasteiger partial charge in [-0.05, 0) is 64.5 Å². The van der Waals surface area contributed by atoms with Crippen molar-refractivity contribution in [2.45, 2.75) is 57.7 Å². The lowest BCUT2D eigenvalue weighted by Crippen LogP contribution is -2.59. The van der Waals surface area contributed by atoms with E-state index >= 15 is 0 Å². The third kappa shape index (κ3) is 4.86. The van der Waals surface area contributed by atoms with Crippen molar-refractivity contribution in [3.05, 3.63) is 0 Å². The van der Waals surface area contributed by atoms with Crippen LogP contribution in [0.25, 0.3) is 0 Å². The SMILES string of the molecule is COC[C@H]1CCCN1C[C@H]1CN2CC[C@H]1C[C@@H]2CNC(=O)NC(C)C. The Bertz CT molecular complexity index is 445. The van der Waals surface area contributed by atoms with Gasteiger partial charge in [-0.2, -0.15) is 0 Å². The number of methoxy groups -OCH3 is 1. The van der Waals surface area contributed by atoms with E-state index < -0.39 is 0 Å². The first-order valence-electron chi connectivity index (χ1n) is 10.1. The molecule has 4 aliphatic heterocycles. The van der Waals surface area contributed by atoms with E-state index in [-0.39, 0.29) is 12.1 Å². The average Bonchev–Trinajstić information content (AvgIpc) is 3.01. The van der Waals surface area contributed by atoms with Crippen LogP contribution in [0, 0.1) is 11.8 Å². The third-order valence-electron chi connectivity index (χ3n) is 6.26. The zero-order chi connectivity index (χ0) is 17.8. The van der Waals surface area contributed by atoms with Crippen molar-refractivity contribution in [1.82, 2.24) is 20.4 Å². The molecule has 0 aromatic carbocycles. The number of rotatable bonds is 7. The first-order valence-corrected chi connectivity index (χ1v) is 10.1. The fraction of sp³-hybridized carbons (Fsp3) is 0.947. The predicted octanol–water partition coefficient (Wildman–Crippen LogP) is 1.52. The smallest absolute Gasteiger partial charge is 0.315 e. The molecule has 144 valence electrons. The van der Waals surface area contributed by atoms with Crippen molar-refractivity contribution >= 4 is 6.03 Å². The number of carbonyl (C=O) groups is 1. The quantitative estimate of drug-likeness (QED) is 0.729. The van der Waals surface area contributed by atoms with Gasteiger partial charge in [0.15, 0.2) is 0 Å². The minimum Gasteiger partial charge on any atom is -0.383 e. The minimum atomic E-state index is -0.0336. The Kier molecular flexibility index (Phi) is 6.58. The summed E-state index contributed by atoms with van der Waals surface area (Å²) in [5, 5.41) is 5.97. The first-order chi connectivity index (χ1) is 12.1. The van der Waals surface area contributed by atoms with E-state index in [0.717, 1.165) is 25.0 Å². The molecule has 1 unspecified atom stereocenters. The lowest BCUT2D eigenvalue weighted by molar-refractivity contribution is -0.0163. The Balaban J connectivity index is 1.46. The summed E-state index contributed by atoms with van der Waals surface area (Å²) in [5.74, 6) is 1.60. The summed E-state index contributed by atoms with van der Waals surface area (Å²) < 4.78 is 5.41. The molecule has 0 radical (unpaired) electrons. The summed E-state index contributed by atoms with van der Waals surface area (Å²) in [4.78, 5) is 17.1. The molecule has 6 nitrogen and oxygen atoms in total. The molecule has 0 aliphatic carbocycles. The zero-order valence-corrected chi connectivity index (χ0v) is 16.2. The first kappa shape index (κ1) is 18.9. The molecule has 2 N–H and O–H groups in total. The van der Waals surface area contributed by atoms with Crippen molar-refractivity contribution in [3.8, 4) is 0 Å². The standard InChI is InChI=1S/C19H36N4O2/c1-14(2)21-19(24)20-10-18-9-15-6-8-23(18)12-16(15)11-22-7-4-5-17(22)13-25-3/h14-18H,4-13H2,1-3H3,(H2,20,21,24)/t15-,16-,17+,18+/m0/s1. The van der Waals surface area contributed by atoms with Gasteiger partial charge < -0.3 is 15.4 Å². The highest BCUT2D eigenvalue weighted by atomic mass is 16.5. The number of urea groups is 1. The van der Waals surface area contributed by atoms with Crippen LogP contribution in [-0.4, -0.2) is 80.4 Å². The highest BCUT2D eigenvalue weighted by Gasteiger charge is 2.41. The van der Waals surface area contributed by atoms with Crippen molar-refractivity contribution < 1.29 is 9.53 Å². The summed E-state index contributed by atoms with van der Waals surface area (Å²) in [6.07, 6.45) is 5.15. The second kappa shape index (κ2) is 8.69. The Morgan fingerprint density at radius 3 is 2.76 bits per heavy atom. The topological polar surface area (TPSA) is 56.8 Å². The second-order valence-electron chi connectivity index (χ2n) is 8.45. The van der Waals surface area contributed by atoms with Gasteiger partial charge >= 0.3 is 6.03 Å². The average molecular weight is 353 g/mol. The van der Waals surface area contributed by atoms with E-state index in [0.29, 0.717) is 12.1 Å². The third-order valence-corrected chi connectivity index (χ3v) is 6.26. The van der Waals surface area contributed by atoms with Crippen molar-refractivity contribution in [2.24, 2.45) is 11.8 Å². The van der Waals surface area contributed by atoms with Crippen LogP contribution in [0.5, 0.6) is 0 Å². The molecule has 0 saturated carbocycles. The molecule has 0 spiro atoms. The maximum absolute atomic E-state index is 11.8. The van der Waals surface area contributed by atoms with Crippen LogP contribution in [0.3, 0.4) is 0 Å².